The molecule has 0 spiro atoms. The van der Waals surface area contributed by atoms with E-state index in [0.29, 0.717) is 19.5 Å². The molecule has 1 fully saturated rings. The molecule has 0 radical (unpaired) electrons. The molecule has 1 saturated heterocycles. The van der Waals surface area contributed by atoms with Crippen molar-refractivity contribution >= 4 is 46.7 Å². The number of hydrogen-bond acceptors (Lipinski definition) is 2. The van der Waals surface area contributed by atoms with Gasteiger partial charge in [-0.15, -0.1) is 24.0 Å². The number of nitrogens with zero attached hydrogens (tertiary/aromatic N) is 2. The van der Waals surface area contributed by atoms with E-state index in [9.17, 15) is 4.79 Å². The smallest absolute Gasteiger partial charge is 0.222 e. The molecule has 31 heavy (non-hydrogen) atoms. The van der Waals surface area contributed by atoms with Crippen LogP contribution >= 0.6 is 24.0 Å². The Labute approximate surface area is 200 Å². The zero-order chi connectivity index (χ0) is 20.8. The number of fused-ring (bicyclic) bond motifs is 1. The number of likely N-dealkylation sites (tertiary alicyclic amines) is 1. The lowest BCUT2D eigenvalue weighted by molar-refractivity contribution is -0.128. The van der Waals surface area contributed by atoms with Crippen molar-refractivity contribution in [1.82, 2.24) is 20.5 Å². The topological polar surface area (TPSA) is 72.5 Å². The number of carbonyl (C=O) groups is 1. The van der Waals surface area contributed by atoms with Gasteiger partial charge in [-0.05, 0) is 35.6 Å². The van der Waals surface area contributed by atoms with Gasteiger partial charge in [-0.3, -0.25) is 9.79 Å². The molecule has 0 aliphatic carbocycles. The molecular weight excluding hydrogens is 501 g/mol. The van der Waals surface area contributed by atoms with Crippen LogP contribution in [0.2, 0.25) is 0 Å². The van der Waals surface area contributed by atoms with Crippen LogP contribution in [0.3, 0.4) is 0 Å². The van der Waals surface area contributed by atoms with Crippen LogP contribution in [0.1, 0.15) is 29.5 Å². The van der Waals surface area contributed by atoms with Crippen LogP contribution in [0, 0.1) is 0 Å². The van der Waals surface area contributed by atoms with Gasteiger partial charge in [-0.2, -0.15) is 0 Å². The average molecular weight is 531 g/mol. The van der Waals surface area contributed by atoms with Gasteiger partial charge in [-0.25, -0.2) is 0 Å². The van der Waals surface area contributed by atoms with Gasteiger partial charge in [0.15, 0.2) is 5.96 Å². The summed E-state index contributed by atoms with van der Waals surface area (Å²) in [6, 6.07) is 16.7. The average Bonchev–Trinajstić information content (AvgIpc) is 3.37. The molecule has 0 atom stereocenters. The molecule has 1 amide bonds. The zero-order valence-corrected chi connectivity index (χ0v) is 20.2. The largest absolute Gasteiger partial charge is 0.361 e. The van der Waals surface area contributed by atoms with Gasteiger partial charge in [-0.1, -0.05) is 42.5 Å². The molecule has 0 saturated carbocycles. The van der Waals surface area contributed by atoms with Crippen LogP contribution in [0.25, 0.3) is 10.9 Å². The van der Waals surface area contributed by atoms with E-state index in [0.717, 1.165) is 31.9 Å². The van der Waals surface area contributed by atoms with Crippen molar-refractivity contribution in [2.24, 2.45) is 4.99 Å². The van der Waals surface area contributed by atoms with Gasteiger partial charge in [0.2, 0.25) is 5.91 Å². The fourth-order valence-electron chi connectivity index (χ4n) is 4.01. The number of benzene rings is 2. The van der Waals surface area contributed by atoms with Crippen molar-refractivity contribution in [3.05, 3.63) is 71.4 Å². The molecule has 3 aromatic rings. The Morgan fingerprint density at radius 3 is 2.61 bits per heavy atom. The number of amides is 1. The number of hydrogen-bond donors (Lipinski definition) is 3. The number of aromatic nitrogens is 1. The van der Waals surface area contributed by atoms with Crippen LogP contribution in [0.4, 0.5) is 0 Å². The number of rotatable bonds is 7. The maximum Gasteiger partial charge on any atom is 0.222 e. The molecule has 2 heterocycles. The summed E-state index contributed by atoms with van der Waals surface area (Å²) in [5.41, 5.74) is 4.85. The summed E-state index contributed by atoms with van der Waals surface area (Å²) in [4.78, 5) is 21.6. The Hall–Kier alpha value is -2.55. The van der Waals surface area contributed by atoms with Crippen LogP contribution in [-0.2, 0) is 24.3 Å². The molecule has 2 aromatic carbocycles. The molecule has 6 nitrogen and oxygen atoms in total. The Bertz CT molecular complexity index is 1050. The minimum atomic E-state index is 0. The van der Waals surface area contributed by atoms with Crippen molar-refractivity contribution in [1.29, 1.82) is 0 Å². The fraction of sp³-hybridized carbons (Fsp3) is 0.333. The third kappa shape index (κ3) is 5.78. The molecular formula is C24H30IN5O. The third-order valence-electron chi connectivity index (χ3n) is 5.68. The molecule has 1 aromatic heterocycles. The first kappa shape index (κ1) is 23.1. The third-order valence-corrected chi connectivity index (χ3v) is 5.68. The molecule has 0 bridgehead atoms. The van der Waals surface area contributed by atoms with E-state index in [1.54, 1.807) is 7.05 Å². The summed E-state index contributed by atoms with van der Waals surface area (Å²) >= 11 is 0. The number of para-hydroxylation sites is 1. The molecule has 164 valence electrons. The lowest BCUT2D eigenvalue weighted by Crippen LogP contribution is -2.38. The quantitative estimate of drug-likeness (QED) is 0.247. The maximum absolute atomic E-state index is 12.0. The second kappa shape index (κ2) is 11.2. The first-order chi connectivity index (χ1) is 14.7. The van der Waals surface area contributed by atoms with Crippen molar-refractivity contribution in [2.75, 3.05) is 20.1 Å². The first-order valence-corrected chi connectivity index (χ1v) is 10.6. The predicted molar refractivity (Wildman–Crippen MR) is 137 cm³/mol. The molecule has 7 heteroatoms. The van der Waals surface area contributed by atoms with Gasteiger partial charge in [0, 0.05) is 56.7 Å². The minimum absolute atomic E-state index is 0. The van der Waals surface area contributed by atoms with Crippen molar-refractivity contribution in [3.63, 3.8) is 0 Å². The SMILES string of the molecule is CN=C(NCCc1c[nH]c2ccccc12)NCc1ccccc1CN1CCCC1=O.I. The summed E-state index contributed by atoms with van der Waals surface area (Å²) < 4.78 is 0. The standard InChI is InChI=1S/C24H29N5O.HI/c1-25-24(26-13-12-19-16-27-22-10-5-4-9-21(19)22)28-15-18-7-2-3-8-20(18)17-29-14-6-11-23(29)30;/h2-5,7-10,16,27H,6,11-15,17H2,1H3,(H2,25,26,28);1H. The first-order valence-electron chi connectivity index (χ1n) is 10.6. The van der Waals surface area contributed by atoms with Crippen LogP contribution in [0.15, 0.2) is 59.7 Å². The summed E-state index contributed by atoms with van der Waals surface area (Å²) in [5.74, 6) is 1.04. The van der Waals surface area contributed by atoms with E-state index < -0.39 is 0 Å². The lowest BCUT2D eigenvalue weighted by atomic mass is 10.1. The van der Waals surface area contributed by atoms with Gasteiger partial charge in [0.1, 0.15) is 0 Å². The fourth-order valence-corrected chi connectivity index (χ4v) is 4.01. The number of guanidine groups is 1. The van der Waals surface area contributed by atoms with Gasteiger partial charge in [0.25, 0.3) is 0 Å². The van der Waals surface area contributed by atoms with E-state index >= 15 is 0 Å². The number of nitrogens with one attached hydrogen (secondary N) is 3. The van der Waals surface area contributed by atoms with E-state index in [1.165, 1.54) is 27.6 Å². The number of aromatic amines is 1. The monoisotopic (exact) mass is 531 g/mol. The number of halogens is 1. The van der Waals surface area contributed by atoms with E-state index in [2.05, 4.69) is 57.1 Å². The highest BCUT2D eigenvalue weighted by Crippen LogP contribution is 2.18. The lowest BCUT2D eigenvalue weighted by Gasteiger charge is -2.19. The Morgan fingerprint density at radius 1 is 1.06 bits per heavy atom. The molecule has 4 rings (SSSR count). The van der Waals surface area contributed by atoms with E-state index in [1.807, 2.05) is 23.1 Å². The predicted octanol–water partition coefficient (Wildman–Crippen LogP) is 3.82. The Kier molecular flexibility index (Phi) is 8.34. The number of H-pyrrole nitrogens is 1. The highest BCUT2D eigenvalue weighted by molar-refractivity contribution is 14.0. The van der Waals surface area contributed by atoms with Crippen LogP contribution in [-0.4, -0.2) is 41.9 Å². The van der Waals surface area contributed by atoms with Gasteiger partial charge < -0.3 is 20.5 Å². The van der Waals surface area contributed by atoms with Crippen molar-refractivity contribution in [3.8, 4) is 0 Å². The highest BCUT2D eigenvalue weighted by Gasteiger charge is 2.20. The number of carbonyl (C=O) groups excluding carboxylic acids is 1. The molecule has 0 unspecified atom stereocenters. The second-order valence-corrected chi connectivity index (χ2v) is 7.65. The molecule has 1 aliphatic heterocycles. The van der Waals surface area contributed by atoms with Gasteiger partial charge in [0.05, 0.1) is 0 Å². The summed E-state index contributed by atoms with van der Waals surface area (Å²) in [6.07, 6.45) is 4.64. The van der Waals surface area contributed by atoms with Crippen LogP contribution in [0.5, 0.6) is 0 Å². The Balaban J connectivity index is 0.00000272. The minimum Gasteiger partial charge on any atom is -0.361 e. The number of aliphatic imine (C=N–C) groups is 1. The van der Waals surface area contributed by atoms with E-state index in [-0.39, 0.29) is 29.9 Å². The normalized spacial score (nSPS) is 14.0. The van der Waals surface area contributed by atoms with E-state index in [4.69, 9.17) is 0 Å². The van der Waals surface area contributed by atoms with Crippen LogP contribution < -0.4 is 10.6 Å². The van der Waals surface area contributed by atoms with Crippen molar-refractivity contribution < 1.29 is 4.79 Å². The highest BCUT2D eigenvalue weighted by atomic mass is 127. The van der Waals surface area contributed by atoms with Gasteiger partial charge >= 0.3 is 0 Å². The molecule has 3 N–H and O–H groups in total. The second-order valence-electron chi connectivity index (χ2n) is 7.65. The summed E-state index contributed by atoms with van der Waals surface area (Å²) in [5, 5.41) is 8.08. The summed E-state index contributed by atoms with van der Waals surface area (Å²) in [6.45, 7) is 3.01. The maximum atomic E-state index is 12.0. The summed E-state index contributed by atoms with van der Waals surface area (Å²) in [7, 11) is 1.79. The van der Waals surface area contributed by atoms with Crippen molar-refractivity contribution in [2.45, 2.75) is 32.4 Å². The Morgan fingerprint density at radius 2 is 1.84 bits per heavy atom. The molecule has 1 aliphatic rings. The zero-order valence-electron chi connectivity index (χ0n) is 17.9.